The Labute approximate surface area is 302 Å². The zero-order chi connectivity index (χ0) is 34.4. The molecule has 3 nitrogen and oxygen atoms in total. The molecule has 52 heavy (non-hydrogen) atoms. The topological polar surface area (TPSA) is 29.3 Å². The average molecular weight is 665 g/mol. The molecule has 0 amide bonds. The molecule has 8 aromatic carbocycles. The van der Waals surface area contributed by atoms with Crippen molar-refractivity contribution in [2.45, 2.75) is 0 Å². The quantitative estimate of drug-likeness (QED) is 0.170. The summed E-state index contributed by atoms with van der Waals surface area (Å²) in [5.41, 5.74) is 14.4. The third-order valence-electron chi connectivity index (χ3n) is 10.1. The van der Waals surface area contributed by atoms with E-state index in [1.807, 2.05) is 30.3 Å². The Balaban J connectivity index is 1.11. The molecule has 1 aromatic heterocycles. The lowest BCUT2D eigenvalue weighted by molar-refractivity contribution is 0.590. The van der Waals surface area contributed by atoms with Gasteiger partial charge in [-0.3, -0.25) is 0 Å². The van der Waals surface area contributed by atoms with E-state index < -0.39 is 0 Å². The Morgan fingerprint density at radius 1 is 0.365 bits per heavy atom. The van der Waals surface area contributed by atoms with Crippen LogP contribution in [0.2, 0.25) is 0 Å². The smallest absolute Gasteiger partial charge is 0.227 e. The Bertz CT molecular complexity index is 2670. The third kappa shape index (κ3) is 5.02. The fourth-order valence-electron chi connectivity index (χ4n) is 7.59. The molecule has 0 atom stereocenters. The summed E-state index contributed by atoms with van der Waals surface area (Å²) in [5, 5.41) is 2.31. The first-order valence-electron chi connectivity index (χ1n) is 17.6. The molecule has 244 valence electrons. The molecular weight excluding hydrogens is 633 g/mol. The van der Waals surface area contributed by atoms with E-state index in [0.29, 0.717) is 5.89 Å². The van der Waals surface area contributed by atoms with Crippen molar-refractivity contribution in [3.63, 3.8) is 0 Å². The van der Waals surface area contributed by atoms with Crippen LogP contribution in [0.25, 0.3) is 78.2 Å². The number of para-hydroxylation sites is 1. The second-order valence-electron chi connectivity index (χ2n) is 13.1. The van der Waals surface area contributed by atoms with Crippen LogP contribution in [0.3, 0.4) is 0 Å². The highest BCUT2D eigenvalue weighted by Crippen LogP contribution is 2.52. The van der Waals surface area contributed by atoms with Crippen LogP contribution in [0.1, 0.15) is 0 Å². The van der Waals surface area contributed by atoms with Crippen molar-refractivity contribution in [1.29, 1.82) is 0 Å². The first kappa shape index (κ1) is 29.9. The van der Waals surface area contributed by atoms with E-state index in [-0.39, 0.29) is 0 Å². The van der Waals surface area contributed by atoms with Crippen molar-refractivity contribution < 1.29 is 4.42 Å². The van der Waals surface area contributed by atoms with Gasteiger partial charge in [0.25, 0.3) is 0 Å². The van der Waals surface area contributed by atoms with Crippen molar-refractivity contribution in [1.82, 2.24) is 4.98 Å². The van der Waals surface area contributed by atoms with E-state index in [1.165, 1.54) is 27.8 Å². The Hall–Kier alpha value is -6.97. The highest BCUT2D eigenvalue weighted by atomic mass is 16.4. The lowest BCUT2D eigenvalue weighted by Crippen LogP contribution is -2.12. The SMILES string of the molecule is c1ccc(-c2ccc(-c3ccc(N(c4ccccc4-c4ccccc4)c4ccc5c6c(cccc46)-c4oc(-c6ccccc6)nc4-5)cc3)cc2)cc1. The van der Waals surface area contributed by atoms with Gasteiger partial charge in [-0.05, 0) is 70.3 Å². The monoisotopic (exact) mass is 664 g/mol. The van der Waals surface area contributed by atoms with E-state index in [0.717, 1.165) is 61.5 Å². The lowest BCUT2D eigenvalue weighted by Gasteiger charge is -2.29. The van der Waals surface area contributed by atoms with Crippen LogP contribution < -0.4 is 4.90 Å². The van der Waals surface area contributed by atoms with Gasteiger partial charge in [0.15, 0.2) is 5.76 Å². The molecule has 0 N–H and O–H groups in total. The highest BCUT2D eigenvalue weighted by molar-refractivity contribution is 6.18. The summed E-state index contributed by atoms with van der Waals surface area (Å²) in [6.45, 7) is 0. The molecule has 0 saturated carbocycles. The molecule has 1 aliphatic carbocycles. The predicted molar refractivity (Wildman–Crippen MR) is 215 cm³/mol. The van der Waals surface area contributed by atoms with Crippen molar-refractivity contribution in [3.8, 4) is 67.4 Å². The molecular formula is C49H32N2O. The minimum absolute atomic E-state index is 0.644. The first-order valence-corrected chi connectivity index (χ1v) is 17.6. The minimum Gasteiger partial charge on any atom is -0.435 e. The van der Waals surface area contributed by atoms with Gasteiger partial charge in [0.2, 0.25) is 5.89 Å². The number of fused-ring (bicyclic) bond motifs is 3. The van der Waals surface area contributed by atoms with Crippen molar-refractivity contribution in [3.05, 3.63) is 194 Å². The third-order valence-corrected chi connectivity index (χ3v) is 10.1. The zero-order valence-corrected chi connectivity index (χ0v) is 28.3. The summed E-state index contributed by atoms with van der Waals surface area (Å²) >= 11 is 0. The van der Waals surface area contributed by atoms with Gasteiger partial charge in [-0.15, -0.1) is 0 Å². The number of aromatic nitrogens is 1. The largest absolute Gasteiger partial charge is 0.435 e. The molecule has 0 spiro atoms. The second kappa shape index (κ2) is 12.4. The molecule has 10 rings (SSSR count). The van der Waals surface area contributed by atoms with Crippen molar-refractivity contribution in [2.75, 3.05) is 4.90 Å². The predicted octanol–water partition coefficient (Wildman–Crippen LogP) is 13.6. The highest BCUT2D eigenvalue weighted by Gasteiger charge is 2.30. The standard InChI is InChI=1S/C49H32N2O/c1-4-13-33(14-5-1)34-23-25-35(26-24-34)36-27-29-39(30-28-36)51(44-22-11-10-19-40(44)37-15-6-2-7-16-37)45-32-31-42-46-41(45)20-12-21-43(46)48-47(42)50-49(52-48)38-17-8-3-9-18-38/h1-32H. The second-order valence-corrected chi connectivity index (χ2v) is 13.1. The van der Waals surface area contributed by atoms with E-state index >= 15 is 0 Å². The summed E-state index contributed by atoms with van der Waals surface area (Å²) in [5.74, 6) is 1.47. The van der Waals surface area contributed by atoms with Gasteiger partial charge in [-0.2, -0.15) is 0 Å². The van der Waals surface area contributed by atoms with Crippen LogP contribution in [0, 0.1) is 0 Å². The normalized spacial score (nSPS) is 11.5. The van der Waals surface area contributed by atoms with Crippen LogP contribution >= 0.6 is 0 Å². The van der Waals surface area contributed by atoms with Crippen LogP contribution in [0.5, 0.6) is 0 Å². The molecule has 0 saturated heterocycles. The first-order chi connectivity index (χ1) is 25.8. The molecule has 0 fully saturated rings. The molecule has 1 heterocycles. The van der Waals surface area contributed by atoms with Gasteiger partial charge in [0, 0.05) is 38.7 Å². The Morgan fingerprint density at radius 3 is 1.58 bits per heavy atom. The van der Waals surface area contributed by atoms with Gasteiger partial charge in [-0.25, -0.2) is 4.98 Å². The molecule has 1 aliphatic rings. The van der Waals surface area contributed by atoms with Crippen LogP contribution in [0.15, 0.2) is 199 Å². The number of benzene rings is 8. The maximum Gasteiger partial charge on any atom is 0.227 e. The molecule has 0 radical (unpaired) electrons. The number of hydrogen-bond acceptors (Lipinski definition) is 3. The van der Waals surface area contributed by atoms with E-state index in [1.54, 1.807) is 0 Å². The average Bonchev–Trinajstić information content (AvgIpc) is 3.80. The number of anilines is 3. The number of rotatable bonds is 7. The molecule has 9 aromatic rings. The van der Waals surface area contributed by atoms with Crippen LogP contribution in [0.4, 0.5) is 17.1 Å². The molecule has 0 unspecified atom stereocenters. The lowest BCUT2D eigenvalue weighted by atomic mass is 9.97. The number of hydrogen-bond donors (Lipinski definition) is 0. The van der Waals surface area contributed by atoms with Gasteiger partial charge >= 0.3 is 0 Å². The molecule has 3 heteroatoms. The van der Waals surface area contributed by atoms with Crippen LogP contribution in [-0.2, 0) is 0 Å². The van der Waals surface area contributed by atoms with Gasteiger partial charge in [-0.1, -0.05) is 152 Å². The van der Waals surface area contributed by atoms with E-state index in [9.17, 15) is 0 Å². The maximum absolute atomic E-state index is 6.49. The van der Waals surface area contributed by atoms with E-state index in [2.05, 4.69) is 169 Å². The van der Waals surface area contributed by atoms with Crippen molar-refractivity contribution in [2.24, 2.45) is 0 Å². The molecule has 0 aliphatic heterocycles. The van der Waals surface area contributed by atoms with Gasteiger partial charge < -0.3 is 9.32 Å². The summed E-state index contributed by atoms with van der Waals surface area (Å²) < 4.78 is 6.49. The summed E-state index contributed by atoms with van der Waals surface area (Å²) in [4.78, 5) is 7.43. The van der Waals surface area contributed by atoms with Gasteiger partial charge in [0.1, 0.15) is 5.69 Å². The van der Waals surface area contributed by atoms with E-state index in [4.69, 9.17) is 9.40 Å². The summed E-state index contributed by atoms with van der Waals surface area (Å²) in [6, 6.07) is 68.7. The van der Waals surface area contributed by atoms with Crippen LogP contribution in [-0.4, -0.2) is 4.98 Å². The maximum atomic E-state index is 6.49. The number of nitrogens with zero attached hydrogens (tertiary/aromatic N) is 2. The minimum atomic E-state index is 0.644. The zero-order valence-electron chi connectivity index (χ0n) is 28.3. The molecule has 0 bridgehead atoms. The fourth-order valence-corrected chi connectivity index (χ4v) is 7.59. The fraction of sp³-hybridized carbons (Fsp3) is 0. The van der Waals surface area contributed by atoms with Crippen molar-refractivity contribution >= 4 is 27.8 Å². The number of oxazole rings is 1. The summed E-state index contributed by atoms with van der Waals surface area (Å²) in [6.07, 6.45) is 0. The Morgan fingerprint density at radius 2 is 0.904 bits per heavy atom. The van der Waals surface area contributed by atoms with Gasteiger partial charge in [0.05, 0.1) is 11.4 Å². The Kier molecular flexibility index (Phi) is 7.14. The summed E-state index contributed by atoms with van der Waals surface area (Å²) in [7, 11) is 0.